The van der Waals surface area contributed by atoms with Gasteiger partial charge in [-0.15, -0.1) is 0 Å². The zero-order valence-electron chi connectivity index (χ0n) is 9.97. The van der Waals surface area contributed by atoms with Crippen LogP contribution in [0.15, 0.2) is 24.3 Å². The van der Waals surface area contributed by atoms with Crippen LogP contribution in [0.25, 0.3) is 0 Å². The first kappa shape index (κ1) is 12.9. The van der Waals surface area contributed by atoms with E-state index in [0.29, 0.717) is 18.0 Å². The molecule has 1 aliphatic carbocycles. The van der Waals surface area contributed by atoms with E-state index in [1.807, 2.05) is 12.1 Å². The summed E-state index contributed by atoms with van der Waals surface area (Å²) in [7, 11) is 1.68. The van der Waals surface area contributed by atoms with Crippen molar-refractivity contribution in [2.75, 3.05) is 7.05 Å². The number of halogens is 1. The standard InChI is InChI=1S/C13H14ClNO3/c1-15(7-8-3-2-4-9(14)5-8)12(16)10-6-11(10)13(17)18/h2-5,10-11H,6-7H2,1H3,(H,17,18)/t10-,11+/m1/s1. The molecule has 2 rings (SSSR count). The molecule has 1 aromatic carbocycles. The van der Waals surface area contributed by atoms with E-state index >= 15 is 0 Å². The number of rotatable bonds is 4. The van der Waals surface area contributed by atoms with Crippen LogP contribution in [0.5, 0.6) is 0 Å². The summed E-state index contributed by atoms with van der Waals surface area (Å²) in [6, 6.07) is 7.28. The van der Waals surface area contributed by atoms with Gasteiger partial charge in [-0.25, -0.2) is 0 Å². The molecule has 96 valence electrons. The molecule has 0 unspecified atom stereocenters. The molecule has 2 atom stereocenters. The van der Waals surface area contributed by atoms with Crippen LogP contribution in [-0.4, -0.2) is 28.9 Å². The minimum atomic E-state index is -0.885. The number of hydrogen-bond donors (Lipinski definition) is 1. The third kappa shape index (κ3) is 2.82. The number of nitrogens with zero attached hydrogens (tertiary/aromatic N) is 1. The number of carbonyl (C=O) groups is 2. The minimum Gasteiger partial charge on any atom is -0.481 e. The molecule has 0 saturated heterocycles. The highest BCUT2D eigenvalue weighted by atomic mass is 35.5. The van der Waals surface area contributed by atoms with Crippen LogP contribution in [0.1, 0.15) is 12.0 Å². The summed E-state index contributed by atoms with van der Waals surface area (Å²) < 4.78 is 0. The summed E-state index contributed by atoms with van der Waals surface area (Å²) >= 11 is 5.87. The van der Waals surface area contributed by atoms with Crippen LogP contribution in [0.3, 0.4) is 0 Å². The number of hydrogen-bond acceptors (Lipinski definition) is 2. The van der Waals surface area contributed by atoms with Gasteiger partial charge in [0.25, 0.3) is 0 Å². The molecule has 1 aliphatic rings. The quantitative estimate of drug-likeness (QED) is 0.908. The Balaban J connectivity index is 1.94. The van der Waals surface area contributed by atoms with Crippen molar-refractivity contribution >= 4 is 23.5 Å². The molecule has 1 amide bonds. The highest BCUT2D eigenvalue weighted by Crippen LogP contribution is 2.40. The van der Waals surface area contributed by atoms with E-state index < -0.39 is 11.9 Å². The summed E-state index contributed by atoms with van der Waals surface area (Å²) in [5.41, 5.74) is 0.936. The molecule has 5 heteroatoms. The van der Waals surface area contributed by atoms with Crippen molar-refractivity contribution in [2.24, 2.45) is 11.8 Å². The van der Waals surface area contributed by atoms with Gasteiger partial charge < -0.3 is 10.0 Å². The van der Waals surface area contributed by atoms with Crippen molar-refractivity contribution in [3.8, 4) is 0 Å². The van der Waals surface area contributed by atoms with Gasteiger partial charge in [-0.05, 0) is 24.1 Å². The number of carbonyl (C=O) groups excluding carboxylic acids is 1. The largest absolute Gasteiger partial charge is 0.481 e. The van der Waals surface area contributed by atoms with Crippen LogP contribution in [0.4, 0.5) is 0 Å². The van der Waals surface area contributed by atoms with E-state index in [2.05, 4.69) is 0 Å². The number of amides is 1. The van der Waals surface area contributed by atoms with Crippen molar-refractivity contribution in [1.29, 1.82) is 0 Å². The van der Waals surface area contributed by atoms with Crippen LogP contribution in [-0.2, 0) is 16.1 Å². The van der Waals surface area contributed by atoms with Crippen LogP contribution < -0.4 is 0 Å². The fourth-order valence-corrected chi connectivity index (χ4v) is 2.22. The lowest BCUT2D eigenvalue weighted by Gasteiger charge is -2.17. The van der Waals surface area contributed by atoms with Gasteiger partial charge in [-0.1, -0.05) is 23.7 Å². The van der Waals surface area contributed by atoms with Crippen molar-refractivity contribution in [3.63, 3.8) is 0 Å². The molecular formula is C13H14ClNO3. The monoisotopic (exact) mass is 267 g/mol. The lowest BCUT2D eigenvalue weighted by Crippen LogP contribution is -2.28. The third-order valence-electron chi connectivity index (χ3n) is 3.11. The number of benzene rings is 1. The van der Waals surface area contributed by atoms with Crippen LogP contribution >= 0.6 is 11.6 Å². The Labute approximate surface area is 110 Å². The maximum Gasteiger partial charge on any atom is 0.307 e. The second-order valence-corrected chi connectivity index (χ2v) is 5.05. The first-order valence-electron chi connectivity index (χ1n) is 5.71. The number of aliphatic carboxylic acids is 1. The Morgan fingerprint density at radius 2 is 2.17 bits per heavy atom. The molecule has 1 aromatic rings. The minimum absolute atomic E-state index is 0.109. The van der Waals surface area contributed by atoms with E-state index in [-0.39, 0.29) is 11.8 Å². The Kier molecular flexibility index (Phi) is 3.57. The van der Waals surface area contributed by atoms with Gasteiger partial charge in [-0.3, -0.25) is 9.59 Å². The second kappa shape index (κ2) is 4.98. The van der Waals surface area contributed by atoms with E-state index in [1.165, 1.54) is 0 Å². The Morgan fingerprint density at radius 1 is 1.44 bits per heavy atom. The summed E-state index contributed by atoms with van der Waals surface area (Å²) in [4.78, 5) is 24.2. The summed E-state index contributed by atoms with van der Waals surface area (Å²) in [5, 5.41) is 9.42. The predicted octanol–water partition coefficient (Wildman–Crippen LogP) is 2.02. The van der Waals surface area contributed by atoms with E-state index in [9.17, 15) is 9.59 Å². The molecule has 4 nitrogen and oxygen atoms in total. The molecule has 0 spiro atoms. The van der Waals surface area contributed by atoms with Gasteiger partial charge in [0.2, 0.25) is 5.91 Å². The van der Waals surface area contributed by atoms with Gasteiger partial charge in [0, 0.05) is 18.6 Å². The van der Waals surface area contributed by atoms with Crippen molar-refractivity contribution in [2.45, 2.75) is 13.0 Å². The number of carboxylic acid groups (broad SMARTS) is 1. The van der Waals surface area contributed by atoms with Gasteiger partial charge >= 0.3 is 5.97 Å². The lowest BCUT2D eigenvalue weighted by atomic mass is 10.2. The van der Waals surface area contributed by atoms with Gasteiger partial charge in [0.15, 0.2) is 0 Å². The molecule has 0 bridgehead atoms. The third-order valence-corrected chi connectivity index (χ3v) is 3.34. The van der Waals surface area contributed by atoms with Crippen molar-refractivity contribution < 1.29 is 14.7 Å². The summed E-state index contributed by atoms with van der Waals surface area (Å²) in [6.07, 6.45) is 0.452. The fourth-order valence-electron chi connectivity index (χ4n) is 2.01. The normalized spacial score (nSPS) is 21.4. The molecule has 0 heterocycles. The van der Waals surface area contributed by atoms with Gasteiger partial charge in [-0.2, -0.15) is 0 Å². The average Bonchev–Trinajstić information content (AvgIpc) is 3.07. The van der Waals surface area contributed by atoms with Crippen LogP contribution in [0, 0.1) is 11.8 Å². The molecular weight excluding hydrogens is 254 g/mol. The number of carboxylic acids is 1. The molecule has 18 heavy (non-hydrogen) atoms. The molecule has 0 aliphatic heterocycles. The SMILES string of the molecule is CN(Cc1cccc(Cl)c1)C(=O)[C@@H]1C[C@@H]1C(=O)O. The second-order valence-electron chi connectivity index (χ2n) is 4.61. The smallest absolute Gasteiger partial charge is 0.307 e. The zero-order chi connectivity index (χ0) is 13.3. The molecule has 0 radical (unpaired) electrons. The molecule has 1 N–H and O–H groups in total. The Hall–Kier alpha value is -1.55. The summed E-state index contributed by atoms with van der Waals surface area (Å²) in [5.74, 6) is -1.85. The lowest BCUT2D eigenvalue weighted by molar-refractivity contribution is -0.141. The van der Waals surface area contributed by atoms with E-state index in [1.54, 1.807) is 24.1 Å². The summed E-state index contributed by atoms with van der Waals surface area (Å²) in [6.45, 7) is 0.447. The topological polar surface area (TPSA) is 57.6 Å². The van der Waals surface area contributed by atoms with Crippen molar-refractivity contribution in [3.05, 3.63) is 34.9 Å². The fraction of sp³-hybridized carbons (Fsp3) is 0.385. The van der Waals surface area contributed by atoms with E-state index in [0.717, 1.165) is 5.56 Å². The Morgan fingerprint density at radius 3 is 2.72 bits per heavy atom. The maximum absolute atomic E-state index is 11.9. The molecule has 1 fully saturated rings. The maximum atomic E-state index is 11.9. The predicted molar refractivity (Wildman–Crippen MR) is 67.2 cm³/mol. The van der Waals surface area contributed by atoms with Crippen LogP contribution in [0.2, 0.25) is 5.02 Å². The first-order chi connectivity index (χ1) is 8.49. The zero-order valence-corrected chi connectivity index (χ0v) is 10.7. The van der Waals surface area contributed by atoms with Gasteiger partial charge in [0.1, 0.15) is 0 Å². The molecule has 1 saturated carbocycles. The van der Waals surface area contributed by atoms with Crippen molar-refractivity contribution in [1.82, 2.24) is 4.90 Å². The van der Waals surface area contributed by atoms with Gasteiger partial charge in [0.05, 0.1) is 11.8 Å². The highest BCUT2D eigenvalue weighted by molar-refractivity contribution is 6.30. The highest BCUT2D eigenvalue weighted by Gasteiger charge is 2.49. The van der Waals surface area contributed by atoms with E-state index in [4.69, 9.17) is 16.7 Å². The first-order valence-corrected chi connectivity index (χ1v) is 6.09. The average molecular weight is 268 g/mol. The Bertz CT molecular complexity index is 489. The molecule has 0 aromatic heterocycles.